The smallest absolute Gasteiger partial charge is 0.229 e. The number of carbonyl (C=O) groups excluding carboxylic acids is 1. The van der Waals surface area contributed by atoms with E-state index in [1.807, 2.05) is 18.2 Å². The molecule has 0 fully saturated rings. The molecule has 1 atom stereocenters. The van der Waals surface area contributed by atoms with Crippen molar-refractivity contribution in [1.29, 1.82) is 0 Å². The summed E-state index contributed by atoms with van der Waals surface area (Å²) >= 11 is 0. The second-order valence-electron chi connectivity index (χ2n) is 4.40. The first kappa shape index (κ1) is 12.5. The molecular formula is C13H14N4O3. The lowest BCUT2D eigenvalue weighted by atomic mass is 10.0. The maximum atomic E-state index is 11.8. The number of amides is 1. The van der Waals surface area contributed by atoms with Crippen LogP contribution in [0.25, 0.3) is 0 Å². The van der Waals surface area contributed by atoms with Gasteiger partial charge in [-0.2, -0.15) is 10.1 Å². The molecule has 1 aromatic carbocycles. The molecular weight excluding hydrogens is 260 g/mol. The quantitative estimate of drug-likeness (QED) is 0.910. The van der Waals surface area contributed by atoms with Crippen molar-refractivity contribution in [3.05, 3.63) is 30.1 Å². The first-order valence-corrected chi connectivity index (χ1v) is 6.14. The zero-order chi connectivity index (χ0) is 14.1. The number of aromatic nitrogens is 3. The molecule has 1 aliphatic rings. The topological polar surface area (TPSA) is 78.3 Å². The molecule has 1 aliphatic heterocycles. The van der Waals surface area contributed by atoms with E-state index in [1.54, 1.807) is 18.9 Å². The predicted octanol–water partition coefficient (Wildman–Crippen LogP) is 1.23. The van der Waals surface area contributed by atoms with Crippen LogP contribution in [0.2, 0.25) is 0 Å². The number of carbonyl (C=O) groups is 1. The molecule has 20 heavy (non-hydrogen) atoms. The third kappa shape index (κ3) is 1.97. The van der Waals surface area contributed by atoms with Gasteiger partial charge in [0.15, 0.2) is 0 Å². The first-order valence-electron chi connectivity index (χ1n) is 6.14. The van der Waals surface area contributed by atoms with Gasteiger partial charge in [0.2, 0.25) is 11.9 Å². The average molecular weight is 274 g/mol. The largest absolute Gasteiger partial charge is 0.497 e. The number of methoxy groups -OCH3 is 2. The lowest BCUT2D eigenvalue weighted by Crippen LogP contribution is -2.29. The molecule has 2 heterocycles. The number of fused-ring (bicyclic) bond motifs is 1. The zero-order valence-electron chi connectivity index (χ0n) is 11.2. The number of hydrogen-bond acceptors (Lipinski definition) is 5. The Morgan fingerprint density at radius 1 is 1.35 bits per heavy atom. The number of hydrogen-bond donors (Lipinski definition) is 1. The number of ether oxygens (including phenoxy) is 2. The van der Waals surface area contributed by atoms with Gasteiger partial charge in [0.05, 0.1) is 26.7 Å². The van der Waals surface area contributed by atoms with Crippen LogP contribution in [0.4, 0.5) is 5.95 Å². The summed E-state index contributed by atoms with van der Waals surface area (Å²) in [7, 11) is 3.19. The van der Waals surface area contributed by atoms with Crippen LogP contribution in [-0.4, -0.2) is 34.9 Å². The third-order valence-corrected chi connectivity index (χ3v) is 3.29. The van der Waals surface area contributed by atoms with E-state index in [-0.39, 0.29) is 18.4 Å². The van der Waals surface area contributed by atoms with Crippen LogP contribution in [0.15, 0.2) is 24.5 Å². The summed E-state index contributed by atoms with van der Waals surface area (Å²) in [5.74, 6) is 1.73. The van der Waals surface area contributed by atoms with Gasteiger partial charge in [0, 0.05) is 5.56 Å². The minimum absolute atomic E-state index is 0.0969. The van der Waals surface area contributed by atoms with E-state index >= 15 is 0 Å². The van der Waals surface area contributed by atoms with Gasteiger partial charge in [-0.05, 0) is 18.2 Å². The number of nitrogens with zero attached hydrogens (tertiary/aromatic N) is 3. The SMILES string of the molecule is COc1ccc(OC)c([C@H]2CC(=O)Nc3ncnn32)c1. The molecule has 0 spiro atoms. The fourth-order valence-corrected chi connectivity index (χ4v) is 2.35. The van der Waals surface area contributed by atoms with Crippen molar-refractivity contribution in [3.63, 3.8) is 0 Å². The second-order valence-corrected chi connectivity index (χ2v) is 4.40. The molecule has 1 aromatic heterocycles. The highest BCUT2D eigenvalue weighted by atomic mass is 16.5. The summed E-state index contributed by atoms with van der Waals surface area (Å²) in [6.07, 6.45) is 1.69. The van der Waals surface area contributed by atoms with Gasteiger partial charge in [0.1, 0.15) is 17.8 Å². The van der Waals surface area contributed by atoms with Gasteiger partial charge < -0.3 is 9.47 Å². The minimum Gasteiger partial charge on any atom is -0.497 e. The van der Waals surface area contributed by atoms with E-state index in [1.165, 1.54) is 6.33 Å². The van der Waals surface area contributed by atoms with Crippen molar-refractivity contribution < 1.29 is 14.3 Å². The summed E-state index contributed by atoms with van der Waals surface area (Å²) in [5.41, 5.74) is 0.841. The van der Waals surface area contributed by atoms with Crippen molar-refractivity contribution in [2.24, 2.45) is 0 Å². The lowest BCUT2D eigenvalue weighted by molar-refractivity contribution is -0.117. The van der Waals surface area contributed by atoms with Gasteiger partial charge in [-0.25, -0.2) is 4.68 Å². The Balaban J connectivity index is 2.11. The fraction of sp³-hybridized carbons (Fsp3) is 0.308. The highest BCUT2D eigenvalue weighted by Crippen LogP contribution is 2.36. The Kier molecular flexibility index (Phi) is 3.02. The molecule has 1 N–H and O–H groups in total. The highest BCUT2D eigenvalue weighted by molar-refractivity contribution is 5.91. The Morgan fingerprint density at radius 3 is 2.95 bits per heavy atom. The molecule has 0 unspecified atom stereocenters. The van der Waals surface area contributed by atoms with E-state index in [4.69, 9.17) is 9.47 Å². The molecule has 0 bridgehead atoms. The van der Waals surface area contributed by atoms with Gasteiger partial charge in [0.25, 0.3) is 0 Å². The molecule has 104 valence electrons. The van der Waals surface area contributed by atoms with Crippen molar-refractivity contribution in [1.82, 2.24) is 14.8 Å². The molecule has 7 heteroatoms. The van der Waals surface area contributed by atoms with E-state index in [9.17, 15) is 4.79 Å². The van der Waals surface area contributed by atoms with Crippen LogP contribution in [0.5, 0.6) is 11.5 Å². The van der Waals surface area contributed by atoms with Crippen LogP contribution >= 0.6 is 0 Å². The minimum atomic E-state index is -0.258. The average Bonchev–Trinajstić information content (AvgIpc) is 2.93. The summed E-state index contributed by atoms with van der Waals surface area (Å²) in [6.45, 7) is 0. The Morgan fingerprint density at radius 2 is 2.20 bits per heavy atom. The van der Waals surface area contributed by atoms with Gasteiger partial charge >= 0.3 is 0 Å². The number of rotatable bonds is 3. The third-order valence-electron chi connectivity index (χ3n) is 3.29. The Hall–Kier alpha value is -2.57. The first-order chi connectivity index (χ1) is 9.72. The zero-order valence-corrected chi connectivity index (χ0v) is 11.2. The van der Waals surface area contributed by atoms with Crippen molar-refractivity contribution >= 4 is 11.9 Å². The van der Waals surface area contributed by atoms with Gasteiger partial charge in [-0.15, -0.1) is 0 Å². The lowest BCUT2D eigenvalue weighted by Gasteiger charge is -2.25. The molecule has 3 rings (SSSR count). The van der Waals surface area contributed by atoms with E-state index in [0.717, 1.165) is 5.56 Å². The molecule has 0 saturated heterocycles. The van der Waals surface area contributed by atoms with Crippen LogP contribution in [0.1, 0.15) is 18.0 Å². The van der Waals surface area contributed by atoms with E-state index in [0.29, 0.717) is 17.4 Å². The molecule has 0 radical (unpaired) electrons. The highest BCUT2D eigenvalue weighted by Gasteiger charge is 2.30. The summed E-state index contributed by atoms with van der Waals surface area (Å²) in [6, 6.07) is 5.23. The summed E-state index contributed by atoms with van der Waals surface area (Å²) in [4.78, 5) is 15.8. The number of anilines is 1. The Labute approximate surface area is 115 Å². The monoisotopic (exact) mass is 274 g/mol. The molecule has 2 aromatic rings. The Bertz CT molecular complexity index is 653. The fourth-order valence-electron chi connectivity index (χ4n) is 2.35. The predicted molar refractivity (Wildman–Crippen MR) is 71.0 cm³/mol. The second kappa shape index (κ2) is 4.84. The van der Waals surface area contributed by atoms with Crippen LogP contribution in [0, 0.1) is 0 Å². The molecule has 1 amide bonds. The van der Waals surface area contributed by atoms with Crippen molar-refractivity contribution in [2.45, 2.75) is 12.5 Å². The number of benzene rings is 1. The van der Waals surface area contributed by atoms with E-state index in [2.05, 4.69) is 15.4 Å². The van der Waals surface area contributed by atoms with Gasteiger partial charge in [-0.1, -0.05) is 0 Å². The van der Waals surface area contributed by atoms with Crippen LogP contribution in [0.3, 0.4) is 0 Å². The molecule has 7 nitrogen and oxygen atoms in total. The van der Waals surface area contributed by atoms with E-state index < -0.39 is 0 Å². The maximum absolute atomic E-state index is 11.8. The summed E-state index contributed by atoms with van der Waals surface area (Å²) in [5, 5.41) is 6.86. The molecule has 0 saturated carbocycles. The van der Waals surface area contributed by atoms with Gasteiger partial charge in [-0.3, -0.25) is 10.1 Å². The number of nitrogens with one attached hydrogen (secondary N) is 1. The normalized spacial score (nSPS) is 17.3. The standard InChI is InChI=1S/C13H14N4O3/c1-19-8-3-4-11(20-2)9(5-8)10-6-12(18)16-13-14-7-15-17(10)13/h3-5,7,10H,6H2,1-2H3,(H,14,15,16,18)/t10-/m1/s1. The summed E-state index contributed by atoms with van der Waals surface area (Å²) < 4.78 is 12.3. The molecule has 0 aliphatic carbocycles. The van der Waals surface area contributed by atoms with Crippen molar-refractivity contribution in [2.75, 3.05) is 19.5 Å². The van der Waals surface area contributed by atoms with Crippen LogP contribution in [-0.2, 0) is 4.79 Å². The van der Waals surface area contributed by atoms with Crippen LogP contribution < -0.4 is 14.8 Å². The van der Waals surface area contributed by atoms with Crippen molar-refractivity contribution in [3.8, 4) is 11.5 Å². The maximum Gasteiger partial charge on any atom is 0.229 e.